The van der Waals surface area contributed by atoms with Gasteiger partial charge in [-0.3, -0.25) is 43.3 Å². The fourth-order valence-electron chi connectivity index (χ4n) is 4.18. The minimum absolute atomic E-state index is 0.0185. The first-order valence-electron chi connectivity index (χ1n) is 16.2. The van der Waals surface area contributed by atoms with E-state index in [9.17, 15) is 58.5 Å². The predicted molar refractivity (Wildman–Crippen MR) is 189 cm³/mol. The number of nitrogens with two attached hydrogens (primary N) is 4. The van der Waals surface area contributed by atoms with E-state index < -0.39 is 116 Å². The summed E-state index contributed by atoms with van der Waals surface area (Å²) in [5.41, 5.74) is 21.7. The smallest absolute Gasteiger partial charge is 0.326 e. The van der Waals surface area contributed by atoms with Crippen molar-refractivity contribution in [3.63, 3.8) is 0 Å². The van der Waals surface area contributed by atoms with Crippen LogP contribution in [0.3, 0.4) is 0 Å². The highest BCUT2D eigenvalue weighted by molar-refractivity contribution is 7.98. The SMILES string of the molecule is CSCC[C@H](NC(=O)CNC(=O)[C@H](CC(=O)O)NC(=O)[C@H](CO)NC(=O)[C@H](CCCN=C(N)N)NC(=O)[C@H](CC(N)=O)NC(=O)[C@@H](N)C(C)C)C(=O)O. The molecule has 0 aliphatic rings. The molecule has 0 aromatic heterocycles. The van der Waals surface area contributed by atoms with E-state index in [0.29, 0.717) is 5.75 Å². The van der Waals surface area contributed by atoms with Gasteiger partial charge in [0.25, 0.3) is 0 Å². The van der Waals surface area contributed by atoms with Gasteiger partial charge < -0.3 is 70.2 Å². The third-order valence-electron chi connectivity index (χ3n) is 7.13. The molecule has 0 heterocycles. The number of carbonyl (C=O) groups is 9. The number of nitrogens with one attached hydrogen (secondary N) is 6. The number of nitrogens with zero attached hydrogens (tertiary/aromatic N) is 1. The molecule has 0 saturated carbocycles. The zero-order valence-electron chi connectivity index (χ0n) is 29.6. The summed E-state index contributed by atoms with van der Waals surface area (Å²) >= 11 is 1.34. The number of amides is 7. The lowest BCUT2D eigenvalue weighted by Gasteiger charge is -2.26. The first-order chi connectivity index (χ1) is 24.7. The number of hydrogen-bond donors (Lipinski definition) is 13. The highest BCUT2D eigenvalue weighted by atomic mass is 32.2. The monoisotopic (exact) mass is 777 g/mol. The van der Waals surface area contributed by atoms with Crippen molar-refractivity contribution in [2.24, 2.45) is 33.8 Å². The van der Waals surface area contributed by atoms with Crippen LogP contribution in [0, 0.1) is 5.92 Å². The van der Waals surface area contributed by atoms with Crippen molar-refractivity contribution in [1.29, 1.82) is 0 Å². The first-order valence-corrected chi connectivity index (χ1v) is 17.5. The van der Waals surface area contributed by atoms with Gasteiger partial charge in [0.15, 0.2) is 5.96 Å². The van der Waals surface area contributed by atoms with E-state index in [4.69, 9.17) is 22.9 Å². The Morgan fingerprint density at radius 3 is 1.74 bits per heavy atom. The third kappa shape index (κ3) is 19.8. The van der Waals surface area contributed by atoms with Gasteiger partial charge in [0.05, 0.1) is 32.0 Å². The standard InChI is InChI=1S/C29H51N11O12S/c1-13(2)22(31)27(50)39-16(9-19(30)42)25(48)37-14(5-4-7-34-29(32)33)24(47)40-18(12-41)26(49)38-17(10-21(44)45)23(46)35-11-20(43)36-15(28(51)52)6-8-53-3/h13-18,22,41H,4-12,31H2,1-3H3,(H2,30,42)(H,35,46)(H,36,43)(H,37,48)(H,38,49)(H,39,50)(H,40,47)(H,44,45)(H,51,52)(H4,32,33,34)/t14-,15-,16-,17-,18-,22-/m0/s1. The number of carboxylic acid groups (broad SMARTS) is 2. The minimum Gasteiger partial charge on any atom is -0.481 e. The molecule has 0 radical (unpaired) electrons. The van der Waals surface area contributed by atoms with Crippen molar-refractivity contribution in [3.8, 4) is 0 Å². The van der Waals surface area contributed by atoms with Crippen molar-refractivity contribution in [2.45, 2.75) is 82.2 Å². The summed E-state index contributed by atoms with van der Waals surface area (Å²) in [4.78, 5) is 116. The molecule has 7 amide bonds. The number of primary amides is 1. The molecule has 0 aromatic carbocycles. The van der Waals surface area contributed by atoms with Crippen LogP contribution in [0.25, 0.3) is 0 Å². The van der Waals surface area contributed by atoms with Crippen molar-refractivity contribution >= 4 is 71.0 Å². The van der Waals surface area contributed by atoms with E-state index in [-0.39, 0.29) is 37.7 Å². The summed E-state index contributed by atoms with van der Waals surface area (Å²) in [7, 11) is 0. The minimum atomic E-state index is -1.84. The summed E-state index contributed by atoms with van der Waals surface area (Å²) in [6.07, 6.45) is 0.00326. The van der Waals surface area contributed by atoms with Crippen LogP contribution in [0.1, 0.15) is 46.0 Å². The Balaban J connectivity index is 5.95. The second-order valence-corrected chi connectivity index (χ2v) is 12.9. The van der Waals surface area contributed by atoms with Crippen LogP contribution in [-0.2, 0) is 43.2 Å². The number of hydrogen-bond acceptors (Lipinski definition) is 13. The van der Waals surface area contributed by atoms with E-state index in [1.807, 2.05) is 0 Å². The zero-order valence-corrected chi connectivity index (χ0v) is 30.4. The van der Waals surface area contributed by atoms with Gasteiger partial charge in [-0.15, -0.1) is 0 Å². The molecule has 0 unspecified atom stereocenters. The second kappa shape index (κ2) is 24.9. The van der Waals surface area contributed by atoms with Crippen LogP contribution in [0.2, 0.25) is 0 Å². The van der Waals surface area contributed by atoms with Gasteiger partial charge >= 0.3 is 11.9 Å². The lowest BCUT2D eigenvalue weighted by Crippen LogP contribution is -2.60. The van der Waals surface area contributed by atoms with Gasteiger partial charge in [0.1, 0.15) is 30.2 Å². The zero-order chi connectivity index (χ0) is 40.8. The Kier molecular flexibility index (Phi) is 22.4. The highest BCUT2D eigenvalue weighted by Crippen LogP contribution is 2.05. The van der Waals surface area contributed by atoms with Gasteiger partial charge in [0.2, 0.25) is 41.4 Å². The Morgan fingerprint density at radius 1 is 0.698 bits per heavy atom. The van der Waals surface area contributed by atoms with E-state index in [0.717, 1.165) is 0 Å². The Bertz CT molecular complexity index is 1350. The van der Waals surface area contributed by atoms with E-state index in [2.05, 4.69) is 36.9 Å². The molecule has 17 N–H and O–H groups in total. The van der Waals surface area contributed by atoms with Crippen molar-refractivity contribution < 1.29 is 58.5 Å². The molecule has 0 saturated heterocycles. The number of carbonyl (C=O) groups excluding carboxylic acids is 7. The maximum Gasteiger partial charge on any atom is 0.326 e. The first kappa shape index (κ1) is 47.8. The summed E-state index contributed by atoms with van der Waals surface area (Å²) in [5, 5.41) is 41.7. The molecule has 24 heteroatoms. The van der Waals surface area contributed by atoms with Crippen LogP contribution >= 0.6 is 11.8 Å². The van der Waals surface area contributed by atoms with Gasteiger partial charge in [-0.05, 0) is 37.2 Å². The molecule has 6 atom stereocenters. The molecule has 0 rings (SSSR count). The maximum absolute atomic E-state index is 13.4. The number of aliphatic hydroxyl groups excluding tert-OH is 1. The van der Waals surface area contributed by atoms with E-state index in [1.54, 1.807) is 20.1 Å². The Morgan fingerprint density at radius 2 is 1.23 bits per heavy atom. The lowest BCUT2D eigenvalue weighted by molar-refractivity contribution is -0.142. The summed E-state index contributed by atoms with van der Waals surface area (Å²) in [6, 6.07) is -9.07. The van der Waals surface area contributed by atoms with Gasteiger partial charge in [-0.2, -0.15) is 11.8 Å². The summed E-state index contributed by atoms with van der Waals surface area (Å²) in [5.74, 6) is -10.3. The molecule has 0 aromatic rings. The molecule has 0 aliphatic heterocycles. The third-order valence-corrected chi connectivity index (χ3v) is 7.78. The molecule has 53 heavy (non-hydrogen) atoms. The normalized spacial score (nSPS) is 14.2. The second-order valence-electron chi connectivity index (χ2n) is 11.9. The van der Waals surface area contributed by atoms with Gasteiger partial charge in [-0.1, -0.05) is 13.8 Å². The van der Waals surface area contributed by atoms with Crippen LogP contribution in [-0.4, -0.2) is 143 Å². The van der Waals surface area contributed by atoms with Crippen LogP contribution < -0.4 is 54.8 Å². The molecular weight excluding hydrogens is 726 g/mol. The maximum atomic E-state index is 13.4. The number of aliphatic carboxylic acids is 2. The Labute approximate surface area is 308 Å². The predicted octanol–water partition coefficient (Wildman–Crippen LogP) is -6.26. The molecule has 23 nitrogen and oxygen atoms in total. The molecule has 0 spiro atoms. The van der Waals surface area contributed by atoms with Gasteiger partial charge in [-0.25, -0.2) is 4.79 Å². The number of carboxylic acids is 2. The molecule has 300 valence electrons. The number of aliphatic imine (C=N–C) groups is 1. The fraction of sp³-hybridized carbons (Fsp3) is 0.655. The average Bonchev–Trinajstić information content (AvgIpc) is 3.06. The molecule has 0 bridgehead atoms. The quantitative estimate of drug-likeness (QED) is 0.0221. The molecular formula is C29H51N11O12S. The van der Waals surface area contributed by atoms with Crippen LogP contribution in [0.15, 0.2) is 4.99 Å². The van der Waals surface area contributed by atoms with Crippen molar-refractivity contribution in [1.82, 2.24) is 31.9 Å². The topological polar surface area (TPSA) is 403 Å². The van der Waals surface area contributed by atoms with Crippen molar-refractivity contribution in [2.75, 3.05) is 31.7 Å². The van der Waals surface area contributed by atoms with Crippen LogP contribution in [0.5, 0.6) is 0 Å². The summed E-state index contributed by atoms with van der Waals surface area (Å²) in [6.45, 7) is 1.39. The molecule has 0 aliphatic carbocycles. The number of guanidine groups is 1. The largest absolute Gasteiger partial charge is 0.481 e. The molecule has 0 fully saturated rings. The number of rotatable bonds is 26. The summed E-state index contributed by atoms with van der Waals surface area (Å²) < 4.78 is 0. The highest BCUT2D eigenvalue weighted by Gasteiger charge is 2.33. The van der Waals surface area contributed by atoms with Crippen molar-refractivity contribution in [3.05, 3.63) is 0 Å². The Hall–Kier alpha value is -5.23. The van der Waals surface area contributed by atoms with E-state index >= 15 is 0 Å². The fourth-order valence-corrected chi connectivity index (χ4v) is 4.65. The average molecular weight is 778 g/mol. The van der Waals surface area contributed by atoms with Gasteiger partial charge in [0, 0.05) is 6.54 Å². The number of thioether (sulfide) groups is 1. The lowest BCUT2D eigenvalue weighted by atomic mass is 10.0. The van der Waals surface area contributed by atoms with E-state index in [1.165, 1.54) is 11.8 Å². The number of aliphatic hydroxyl groups is 1. The van der Waals surface area contributed by atoms with Crippen LogP contribution in [0.4, 0.5) is 0 Å².